The van der Waals surface area contributed by atoms with Crippen molar-refractivity contribution in [1.82, 2.24) is 14.1 Å². The van der Waals surface area contributed by atoms with E-state index in [0.717, 1.165) is 12.8 Å². The maximum atomic E-state index is 9.08. The van der Waals surface area contributed by atoms with Gasteiger partial charge >= 0.3 is 0 Å². The van der Waals surface area contributed by atoms with Gasteiger partial charge in [0.1, 0.15) is 12.4 Å². The summed E-state index contributed by atoms with van der Waals surface area (Å²) >= 11 is 0. The highest BCUT2D eigenvalue weighted by Gasteiger charge is 2.01. The van der Waals surface area contributed by atoms with Crippen LogP contribution in [-0.2, 0) is 19.7 Å². The van der Waals surface area contributed by atoms with Crippen LogP contribution in [0.5, 0.6) is 0 Å². The first kappa shape index (κ1) is 11.0. The number of aryl methyl sites for hydroxylation is 1. The number of imidazole rings is 1. The molecule has 4 nitrogen and oxygen atoms in total. The third-order valence-electron chi connectivity index (χ3n) is 2.61. The van der Waals surface area contributed by atoms with Crippen molar-refractivity contribution in [3.8, 4) is 0 Å². The van der Waals surface area contributed by atoms with E-state index in [2.05, 4.69) is 34.9 Å². The van der Waals surface area contributed by atoms with Gasteiger partial charge in [0.25, 0.3) is 0 Å². The van der Waals surface area contributed by atoms with Crippen LogP contribution in [0.3, 0.4) is 0 Å². The first-order chi connectivity index (χ1) is 7.83. The van der Waals surface area contributed by atoms with Crippen LogP contribution in [0.2, 0.25) is 0 Å². The van der Waals surface area contributed by atoms with E-state index in [-0.39, 0.29) is 6.61 Å². The van der Waals surface area contributed by atoms with Crippen LogP contribution in [-0.4, -0.2) is 19.2 Å². The third kappa shape index (κ3) is 2.33. The van der Waals surface area contributed by atoms with Gasteiger partial charge in [-0.2, -0.15) is 0 Å². The predicted octanol–water partition coefficient (Wildman–Crippen LogP) is 1.64. The molecule has 86 valence electrons. The number of rotatable bonds is 5. The zero-order valence-corrected chi connectivity index (χ0v) is 9.50. The van der Waals surface area contributed by atoms with Crippen molar-refractivity contribution in [3.05, 3.63) is 42.2 Å². The molecule has 0 aliphatic rings. The van der Waals surface area contributed by atoms with Gasteiger partial charge in [0, 0.05) is 24.8 Å². The standard InChI is InChI=1S/C12H17N3O/c1-2-3-11-4-6-14(8-11)10-15-7-5-13-12(15)9-16/h4-8,16H,2-3,9-10H2,1H3. The van der Waals surface area contributed by atoms with Gasteiger partial charge in [-0.05, 0) is 18.1 Å². The Morgan fingerprint density at radius 2 is 2.25 bits per heavy atom. The summed E-state index contributed by atoms with van der Waals surface area (Å²) in [7, 11) is 0. The normalized spacial score (nSPS) is 10.9. The van der Waals surface area contributed by atoms with E-state index in [4.69, 9.17) is 5.11 Å². The minimum Gasteiger partial charge on any atom is -0.388 e. The second kappa shape index (κ2) is 4.99. The SMILES string of the molecule is CCCc1ccn(Cn2ccnc2CO)c1. The van der Waals surface area contributed by atoms with Gasteiger partial charge in [-0.3, -0.25) is 0 Å². The molecule has 0 saturated heterocycles. The zero-order chi connectivity index (χ0) is 11.4. The summed E-state index contributed by atoms with van der Waals surface area (Å²) in [4.78, 5) is 4.07. The molecule has 0 bridgehead atoms. The lowest BCUT2D eigenvalue weighted by molar-refractivity contribution is 0.264. The number of hydrogen-bond donors (Lipinski definition) is 1. The van der Waals surface area contributed by atoms with Crippen molar-refractivity contribution in [3.63, 3.8) is 0 Å². The van der Waals surface area contributed by atoms with Crippen LogP contribution in [0, 0.1) is 0 Å². The lowest BCUT2D eigenvalue weighted by Crippen LogP contribution is -2.09. The van der Waals surface area contributed by atoms with Crippen LogP contribution in [0.25, 0.3) is 0 Å². The molecule has 4 heteroatoms. The van der Waals surface area contributed by atoms with Crippen molar-refractivity contribution < 1.29 is 5.11 Å². The lowest BCUT2D eigenvalue weighted by atomic mass is 10.2. The molecule has 0 aromatic carbocycles. The second-order valence-electron chi connectivity index (χ2n) is 3.90. The van der Waals surface area contributed by atoms with Crippen LogP contribution in [0.4, 0.5) is 0 Å². The fourth-order valence-corrected chi connectivity index (χ4v) is 1.81. The molecule has 1 N–H and O–H groups in total. The number of nitrogens with zero attached hydrogens (tertiary/aromatic N) is 3. The molecule has 0 amide bonds. The Labute approximate surface area is 95.2 Å². The van der Waals surface area contributed by atoms with Crippen molar-refractivity contribution >= 4 is 0 Å². The van der Waals surface area contributed by atoms with Crippen molar-refractivity contribution in [2.24, 2.45) is 0 Å². The maximum absolute atomic E-state index is 9.08. The Balaban J connectivity index is 2.08. The topological polar surface area (TPSA) is 43.0 Å². The Hall–Kier alpha value is -1.55. The summed E-state index contributed by atoms with van der Waals surface area (Å²) < 4.78 is 4.04. The van der Waals surface area contributed by atoms with E-state index >= 15 is 0 Å². The number of aromatic nitrogens is 3. The van der Waals surface area contributed by atoms with E-state index in [9.17, 15) is 0 Å². The molecule has 0 aliphatic carbocycles. The average molecular weight is 219 g/mol. The molecular weight excluding hydrogens is 202 g/mol. The molecule has 0 radical (unpaired) electrons. The summed E-state index contributed by atoms with van der Waals surface area (Å²) in [6.07, 6.45) is 10.1. The van der Waals surface area contributed by atoms with Gasteiger partial charge in [0.2, 0.25) is 0 Å². The number of aliphatic hydroxyl groups is 1. The highest BCUT2D eigenvalue weighted by atomic mass is 16.3. The monoisotopic (exact) mass is 219 g/mol. The minimum absolute atomic E-state index is 0.0178. The van der Waals surface area contributed by atoms with Gasteiger partial charge in [-0.15, -0.1) is 0 Å². The molecule has 0 aliphatic heterocycles. The quantitative estimate of drug-likeness (QED) is 0.830. The molecule has 0 atom stereocenters. The van der Waals surface area contributed by atoms with E-state index in [0.29, 0.717) is 12.5 Å². The summed E-state index contributed by atoms with van der Waals surface area (Å²) in [5.41, 5.74) is 1.35. The predicted molar refractivity (Wildman–Crippen MR) is 62.0 cm³/mol. The first-order valence-electron chi connectivity index (χ1n) is 5.59. The Morgan fingerprint density at radius 3 is 3.00 bits per heavy atom. The summed E-state index contributed by atoms with van der Waals surface area (Å²) in [5, 5.41) is 9.08. The molecule has 0 unspecified atom stereocenters. The van der Waals surface area contributed by atoms with Crippen LogP contribution in [0.1, 0.15) is 24.7 Å². The summed E-state index contributed by atoms with van der Waals surface area (Å²) in [6, 6.07) is 2.14. The van der Waals surface area contributed by atoms with E-state index in [1.54, 1.807) is 6.20 Å². The third-order valence-corrected chi connectivity index (χ3v) is 2.61. The largest absolute Gasteiger partial charge is 0.388 e. The second-order valence-corrected chi connectivity index (χ2v) is 3.90. The highest BCUT2D eigenvalue weighted by Crippen LogP contribution is 2.06. The van der Waals surface area contributed by atoms with Gasteiger partial charge in [-0.25, -0.2) is 4.98 Å². The molecule has 16 heavy (non-hydrogen) atoms. The Bertz CT molecular complexity index is 445. The van der Waals surface area contributed by atoms with Crippen molar-refractivity contribution in [2.75, 3.05) is 0 Å². The molecule has 0 fully saturated rings. The first-order valence-corrected chi connectivity index (χ1v) is 5.59. The molecule has 2 aromatic rings. The average Bonchev–Trinajstić information content (AvgIpc) is 2.89. The smallest absolute Gasteiger partial charge is 0.135 e. The van der Waals surface area contributed by atoms with Crippen LogP contribution >= 0.6 is 0 Å². The molecule has 2 rings (SSSR count). The van der Waals surface area contributed by atoms with Gasteiger partial charge in [0.05, 0.1) is 6.67 Å². The number of aliphatic hydroxyl groups excluding tert-OH is 1. The molecule has 2 aromatic heterocycles. The Morgan fingerprint density at radius 1 is 1.38 bits per heavy atom. The molecule has 0 spiro atoms. The fraction of sp³-hybridized carbons (Fsp3) is 0.417. The van der Waals surface area contributed by atoms with Crippen LogP contribution < -0.4 is 0 Å². The zero-order valence-electron chi connectivity index (χ0n) is 9.50. The van der Waals surface area contributed by atoms with E-state index in [1.807, 2.05) is 10.8 Å². The van der Waals surface area contributed by atoms with Crippen molar-refractivity contribution in [2.45, 2.75) is 33.0 Å². The minimum atomic E-state index is -0.0178. The van der Waals surface area contributed by atoms with Gasteiger partial charge < -0.3 is 14.2 Å². The Kier molecular flexibility index (Phi) is 3.41. The summed E-state index contributed by atoms with van der Waals surface area (Å²) in [5.74, 6) is 0.700. The molecule has 0 saturated carbocycles. The van der Waals surface area contributed by atoms with Gasteiger partial charge in [-0.1, -0.05) is 13.3 Å². The van der Waals surface area contributed by atoms with Crippen molar-refractivity contribution in [1.29, 1.82) is 0 Å². The number of hydrogen-bond acceptors (Lipinski definition) is 2. The van der Waals surface area contributed by atoms with Gasteiger partial charge in [0.15, 0.2) is 0 Å². The van der Waals surface area contributed by atoms with E-state index in [1.165, 1.54) is 5.56 Å². The maximum Gasteiger partial charge on any atom is 0.135 e. The summed E-state index contributed by atoms with van der Waals surface area (Å²) in [6.45, 7) is 2.87. The fourth-order valence-electron chi connectivity index (χ4n) is 1.81. The molecule has 2 heterocycles. The highest BCUT2D eigenvalue weighted by molar-refractivity contribution is 5.10. The lowest BCUT2D eigenvalue weighted by Gasteiger charge is -2.06. The molecular formula is C12H17N3O. The van der Waals surface area contributed by atoms with Crippen LogP contribution in [0.15, 0.2) is 30.9 Å². The van der Waals surface area contributed by atoms with E-state index < -0.39 is 0 Å².